The maximum atomic E-state index is 12.8. The van der Waals surface area contributed by atoms with Crippen LogP contribution < -0.4 is 10.1 Å². The summed E-state index contributed by atoms with van der Waals surface area (Å²) in [6.45, 7) is 6.47. The number of amides is 2. The van der Waals surface area contributed by atoms with Crippen molar-refractivity contribution in [1.82, 2.24) is 10.2 Å². The minimum absolute atomic E-state index is 0.0422. The number of esters is 1. The number of likely N-dealkylation sites (tertiary alicyclic amines) is 1. The van der Waals surface area contributed by atoms with E-state index in [1.165, 1.54) is 6.92 Å². The summed E-state index contributed by atoms with van der Waals surface area (Å²) in [6.07, 6.45) is 1.40. The number of ether oxygens (including phenoxy) is 1. The largest absolute Gasteiger partial charge is 0.427 e. The molecular weight excluding hydrogens is 368 g/mol. The number of carbonyl (C=O) groups is 3. The fourth-order valence-corrected chi connectivity index (χ4v) is 3.42. The quantitative estimate of drug-likeness (QED) is 0.638. The third-order valence-corrected chi connectivity index (χ3v) is 5.23. The molecule has 2 amide bonds. The van der Waals surface area contributed by atoms with Crippen molar-refractivity contribution in [1.29, 1.82) is 0 Å². The molecule has 0 unspecified atom stereocenters. The van der Waals surface area contributed by atoms with Gasteiger partial charge in [0.05, 0.1) is 0 Å². The van der Waals surface area contributed by atoms with Crippen LogP contribution in [0.25, 0.3) is 0 Å². The summed E-state index contributed by atoms with van der Waals surface area (Å²) in [5, 5.41) is 3.08. The summed E-state index contributed by atoms with van der Waals surface area (Å²) in [4.78, 5) is 38.1. The number of aryl methyl sites for hydroxylation is 2. The van der Waals surface area contributed by atoms with Crippen molar-refractivity contribution in [2.75, 3.05) is 13.1 Å². The Labute approximate surface area is 170 Å². The number of benzene rings is 2. The highest BCUT2D eigenvalue weighted by Crippen LogP contribution is 2.19. The van der Waals surface area contributed by atoms with Crippen LogP contribution >= 0.6 is 0 Å². The van der Waals surface area contributed by atoms with Crippen molar-refractivity contribution < 1.29 is 19.1 Å². The number of piperidine rings is 1. The first-order valence-electron chi connectivity index (χ1n) is 9.79. The predicted octanol–water partition coefficient (Wildman–Crippen LogP) is 3.26. The molecule has 2 aromatic rings. The first-order valence-corrected chi connectivity index (χ1v) is 9.79. The molecule has 3 rings (SSSR count). The normalized spacial score (nSPS) is 14.4. The van der Waals surface area contributed by atoms with Crippen LogP contribution in [-0.2, 0) is 4.79 Å². The summed E-state index contributed by atoms with van der Waals surface area (Å²) >= 11 is 0. The molecule has 0 bridgehead atoms. The highest BCUT2D eigenvalue weighted by Gasteiger charge is 2.25. The molecular formula is C23H26N2O4. The maximum absolute atomic E-state index is 12.8. The average molecular weight is 394 g/mol. The van der Waals surface area contributed by atoms with Gasteiger partial charge in [-0.15, -0.1) is 0 Å². The van der Waals surface area contributed by atoms with Crippen LogP contribution in [0.1, 0.15) is 51.6 Å². The Bertz CT molecular complexity index is 930. The van der Waals surface area contributed by atoms with Gasteiger partial charge < -0.3 is 15.0 Å². The number of hydrogen-bond donors (Lipinski definition) is 1. The Morgan fingerprint density at radius 1 is 0.966 bits per heavy atom. The van der Waals surface area contributed by atoms with Gasteiger partial charge in [0.1, 0.15) is 5.75 Å². The molecule has 1 fully saturated rings. The lowest BCUT2D eigenvalue weighted by atomic mass is 10.0. The van der Waals surface area contributed by atoms with Crippen LogP contribution in [0.2, 0.25) is 0 Å². The first kappa shape index (κ1) is 20.6. The van der Waals surface area contributed by atoms with Gasteiger partial charge in [-0.05, 0) is 68.1 Å². The van der Waals surface area contributed by atoms with E-state index >= 15 is 0 Å². The van der Waals surface area contributed by atoms with E-state index in [1.807, 2.05) is 32.0 Å². The third-order valence-electron chi connectivity index (χ3n) is 5.23. The molecule has 6 heteroatoms. The minimum Gasteiger partial charge on any atom is -0.427 e. The summed E-state index contributed by atoms with van der Waals surface area (Å²) in [7, 11) is 0. The second-order valence-electron chi connectivity index (χ2n) is 7.46. The van der Waals surface area contributed by atoms with Crippen LogP contribution in [0.5, 0.6) is 5.75 Å². The van der Waals surface area contributed by atoms with Crippen LogP contribution in [-0.4, -0.2) is 41.8 Å². The van der Waals surface area contributed by atoms with Crippen LogP contribution in [0, 0.1) is 13.8 Å². The van der Waals surface area contributed by atoms with E-state index in [2.05, 4.69) is 5.32 Å². The van der Waals surface area contributed by atoms with Gasteiger partial charge in [0.25, 0.3) is 11.8 Å². The molecule has 1 aliphatic rings. The van der Waals surface area contributed by atoms with Crippen molar-refractivity contribution in [2.24, 2.45) is 0 Å². The Hall–Kier alpha value is -3.15. The number of hydrogen-bond acceptors (Lipinski definition) is 4. The van der Waals surface area contributed by atoms with Gasteiger partial charge in [0.15, 0.2) is 0 Å². The lowest BCUT2D eigenvalue weighted by molar-refractivity contribution is -0.131. The smallest absolute Gasteiger partial charge is 0.308 e. The SMILES string of the molecule is CC(=O)Oc1cccc(C(=O)N2CCC(NC(=O)c3ccc(C)c(C)c3)CC2)c1. The second-order valence-corrected chi connectivity index (χ2v) is 7.46. The Morgan fingerprint density at radius 2 is 1.69 bits per heavy atom. The lowest BCUT2D eigenvalue weighted by Gasteiger charge is -2.32. The molecule has 29 heavy (non-hydrogen) atoms. The molecule has 1 aliphatic heterocycles. The topological polar surface area (TPSA) is 75.7 Å². The molecule has 0 atom stereocenters. The lowest BCUT2D eigenvalue weighted by Crippen LogP contribution is -2.46. The fourth-order valence-electron chi connectivity index (χ4n) is 3.42. The molecule has 0 aromatic heterocycles. The summed E-state index contributed by atoms with van der Waals surface area (Å²) in [5.41, 5.74) is 3.40. The summed E-state index contributed by atoms with van der Waals surface area (Å²) in [5.74, 6) is -0.237. The van der Waals surface area contributed by atoms with E-state index in [4.69, 9.17) is 4.74 Å². The molecule has 1 saturated heterocycles. The first-order chi connectivity index (χ1) is 13.8. The second kappa shape index (κ2) is 8.90. The number of carbonyl (C=O) groups excluding carboxylic acids is 3. The molecule has 1 heterocycles. The zero-order valence-corrected chi connectivity index (χ0v) is 17.0. The van der Waals surface area contributed by atoms with E-state index in [0.29, 0.717) is 42.8 Å². The molecule has 0 aliphatic carbocycles. The van der Waals surface area contributed by atoms with Gasteiger partial charge in [-0.3, -0.25) is 14.4 Å². The van der Waals surface area contributed by atoms with Gasteiger partial charge in [0, 0.05) is 37.2 Å². The number of nitrogens with zero attached hydrogens (tertiary/aromatic N) is 1. The molecule has 0 saturated carbocycles. The average Bonchev–Trinajstić information content (AvgIpc) is 2.69. The van der Waals surface area contributed by atoms with Crippen molar-refractivity contribution in [3.63, 3.8) is 0 Å². The van der Waals surface area contributed by atoms with E-state index in [1.54, 1.807) is 29.2 Å². The van der Waals surface area contributed by atoms with Crippen LogP contribution in [0.15, 0.2) is 42.5 Å². The number of rotatable bonds is 4. The molecule has 6 nitrogen and oxygen atoms in total. The molecule has 1 N–H and O–H groups in total. The van der Waals surface area contributed by atoms with Crippen LogP contribution in [0.4, 0.5) is 0 Å². The van der Waals surface area contributed by atoms with E-state index in [9.17, 15) is 14.4 Å². The highest BCUT2D eigenvalue weighted by atomic mass is 16.5. The zero-order chi connectivity index (χ0) is 21.0. The zero-order valence-electron chi connectivity index (χ0n) is 17.0. The molecule has 0 radical (unpaired) electrons. The van der Waals surface area contributed by atoms with Gasteiger partial charge in [0.2, 0.25) is 0 Å². The van der Waals surface area contributed by atoms with E-state index < -0.39 is 5.97 Å². The third kappa shape index (κ3) is 5.22. The fraction of sp³-hybridized carbons (Fsp3) is 0.348. The van der Waals surface area contributed by atoms with E-state index in [0.717, 1.165) is 11.1 Å². The number of nitrogens with one attached hydrogen (secondary N) is 1. The summed E-state index contributed by atoms with van der Waals surface area (Å²) < 4.78 is 5.05. The highest BCUT2D eigenvalue weighted by molar-refractivity contribution is 5.95. The standard InChI is InChI=1S/C23H26N2O4/c1-15-7-8-18(13-16(15)2)22(27)24-20-9-11-25(12-10-20)23(28)19-5-4-6-21(14-19)29-17(3)26/h4-8,13-14,20H,9-12H2,1-3H3,(H,24,27). The minimum atomic E-state index is -0.421. The Kier molecular flexibility index (Phi) is 6.32. The van der Waals surface area contributed by atoms with Gasteiger partial charge >= 0.3 is 5.97 Å². The van der Waals surface area contributed by atoms with Crippen molar-refractivity contribution in [3.8, 4) is 5.75 Å². The predicted molar refractivity (Wildman–Crippen MR) is 110 cm³/mol. The monoisotopic (exact) mass is 394 g/mol. The Morgan fingerprint density at radius 3 is 2.34 bits per heavy atom. The summed E-state index contributed by atoms with van der Waals surface area (Å²) in [6, 6.07) is 12.4. The molecule has 152 valence electrons. The van der Waals surface area contributed by atoms with Gasteiger partial charge in [-0.2, -0.15) is 0 Å². The maximum Gasteiger partial charge on any atom is 0.308 e. The van der Waals surface area contributed by atoms with Gasteiger partial charge in [-0.1, -0.05) is 12.1 Å². The van der Waals surface area contributed by atoms with Crippen molar-refractivity contribution >= 4 is 17.8 Å². The van der Waals surface area contributed by atoms with Crippen LogP contribution in [0.3, 0.4) is 0 Å². The van der Waals surface area contributed by atoms with E-state index in [-0.39, 0.29) is 17.9 Å². The van der Waals surface area contributed by atoms with Crippen molar-refractivity contribution in [2.45, 2.75) is 39.7 Å². The molecule has 0 spiro atoms. The molecule has 2 aromatic carbocycles. The van der Waals surface area contributed by atoms with Gasteiger partial charge in [-0.25, -0.2) is 0 Å². The Balaban J connectivity index is 1.56. The van der Waals surface area contributed by atoms with Crippen molar-refractivity contribution in [3.05, 3.63) is 64.7 Å².